The molecule has 2 amide bonds. The summed E-state index contributed by atoms with van der Waals surface area (Å²) in [6, 6.07) is 6.70. The Kier molecular flexibility index (Phi) is 4.72. The summed E-state index contributed by atoms with van der Waals surface area (Å²) in [6.07, 6.45) is 1.48. The van der Waals surface area contributed by atoms with Gasteiger partial charge in [-0.3, -0.25) is 4.31 Å². The van der Waals surface area contributed by atoms with Crippen LogP contribution in [0.2, 0.25) is 0 Å². The van der Waals surface area contributed by atoms with Gasteiger partial charge in [0.05, 0.1) is 11.4 Å². The number of nitrogens with zero attached hydrogens (tertiary/aromatic N) is 1. The smallest absolute Gasteiger partial charge is 0.319 e. The molecule has 1 unspecified atom stereocenters. The Morgan fingerprint density at radius 3 is 2.81 bits per heavy atom. The molecule has 1 aromatic carbocycles. The molecule has 0 spiro atoms. The number of anilines is 2. The second kappa shape index (κ2) is 6.34. The summed E-state index contributed by atoms with van der Waals surface area (Å²) < 4.78 is 25.2. The highest BCUT2D eigenvalue weighted by Gasteiger charge is 2.28. The lowest BCUT2D eigenvalue weighted by atomic mass is 10.2. The summed E-state index contributed by atoms with van der Waals surface area (Å²) in [6.45, 7) is 4.40. The van der Waals surface area contributed by atoms with Gasteiger partial charge in [-0.1, -0.05) is 13.0 Å². The summed E-state index contributed by atoms with van der Waals surface area (Å²) in [5.74, 6) is 0.180. The van der Waals surface area contributed by atoms with Gasteiger partial charge in [-0.15, -0.1) is 0 Å². The molecule has 6 nitrogen and oxygen atoms in total. The Bertz CT molecular complexity index is 616. The van der Waals surface area contributed by atoms with Gasteiger partial charge in [0.1, 0.15) is 0 Å². The largest absolute Gasteiger partial charge is 0.335 e. The Morgan fingerprint density at radius 2 is 2.19 bits per heavy atom. The molecule has 116 valence electrons. The maximum Gasteiger partial charge on any atom is 0.319 e. The van der Waals surface area contributed by atoms with Gasteiger partial charge in [0.25, 0.3) is 0 Å². The lowest BCUT2D eigenvalue weighted by molar-refractivity contribution is 0.249. The van der Waals surface area contributed by atoms with Crippen LogP contribution in [0.5, 0.6) is 0 Å². The van der Waals surface area contributed by atoms with Crippen molar-refractivity contribution in [2.45, 2.75) is 32.7 Å². The van der Waals surface area contributed by atoms with Crippen molar-refractivity contribution in [3.63, 3.8) is 0 Å². The number of urea groups is 1. The van der Waals surface area contributed by atoms with E-state index in [2.05, 4.69) is 10.6 Å². The van der Waals surface area contributed by atoms with E-state index in [-0.39, 0.29) is 17.8 Å². The lowest BCUT2D eigenvalue weighted by Crippen LogP contribution is -2.35. The summed E-state index contributed by atoms with van der Waals surface area (Å²) in [5.41, 5.74) is 1.17. The van der Waals surface area contributed by atoms with Crippen LogP contribution in [-0.4, -0.2) is 32.8 Å². The number of carbonyl (C=O) groups is 1. The van der Waals surface area contributed by atoms with Gasteiger partial charge in [-0.25, -0.2) is 13.2 Å². The first-order valence-corrected chi connectivity index (χ1v) is 8.71. The summed E-state index contributed by atoms with van der Waals surface area (Å²) in [5, 5.41) is 5.53. The maximum absolute atomic E-state index is 11.9. The van der Waals surface area contributed by atoms with Crippen molar-refractivity contribution < 1.29 is 13.2 Å². The van der Waals surface area contributed by atoms with Crippen LogP contribution >= 0.6 is 0 Å². The molecule has 0 bridgehead atoms. The number of amides is 2. The van der Waals surface area contributed by atoms with Crippen LogP contribution in [0.1, 0.15) is 26.7 Å². The highest BCUT2D eigenvalue weighted by Crippen LogP contribution is 2.26. The normalized spacial score (nSPS) is 18.3. The minimum atomic E-state index is -3.20. The van der Waals surface area contributed by atoms with Crippen LogP contribution in [0.3, 0.4) is 0 Å². The highest BCUT2D eigenvalue weighted by atomic mass is 32.2. The van der Waals surface area contributed by atoms with E-state index < -0.39 is 10.0 Å². The average Bonchev–Trinajstić information content (AvgIpc) is 2.78. The second-order valence-electron chi connectivity index (χ2n) is 5.20. The first-order valence-electron chi connectivity index (χ1n) is 7.10. The fraction of sp³-hybridized carbons (Fsp3) is 0.500. The molecule has 1 aliphatic rings. The second-order valence-corrected chi connectivity index (χ2v) is 7.21. The van der Waals surface area contributed by atoms with Crippen molar-refractivity contribution in [1.82, 2.24) is 5.32 Å². The number of benzene rings is 1. The van der Waals surface area contributed by atoms with Crippen molar-refractivity contribution in [3.05, 3.63) is 24.3 Å². The Balaban J connectivity index is 2.10. The van der Waals surface area contributed by atoms with Crippen molar-refractivity contribution in [2.75, 3.05) is 21.9 Å². The Hall–Kier alpha value is -1.76. The standard InChI is InChI=1S/C14H21N3O3S/c1-3-11(2)15-14(18)16-12-6-4-7-13(10-12)17-8-5-9-21(17,19)20/h4,6-7,10-11H,3,5,8-9H2,1-2H3,(H2,15,16,18). The van der Waals surface area contributed by atoms with E-state index in [4.69, 9.17) is 0 Å². The third-order valence-corrected chi connectivity index (χ3v) is 5.35. The van der Waals surface area contributed by atoms with Gasteiger partial charge >= 0.3 is 6.03 Å². The number of sulfonamides is 1. The molecule has 21 heavy (non-hydrogen) atoms. The van der Waals surface area contributed by atoms with E-state index in [1.54, 1.807) is 24.3 Å². The molecule has 1 saturated heterocycles. The first kappa shape index (κ1) is 15.6. The lowest BCUT2D eigenvalue weighted by Gasteiger charge is -2.18. The quantitative estimate of drug-likeness (QED) is 0.894. The zero-order chi connectivity index (χ0) is 15.5. The third kappa shape index (κ3) is 3.87. The first-order chi connectivity index (χ1) is 9.92. The maximum atomic E-state index is 11.9. The number of hydrogen-bond donors (Lipinski definition) is 2. The van der Waals surface area contributed by atoms with Crippen molar-refractivity contribution in [2.24, 2.45) is 0 Å². The zero-order valence-electron chi connectivity index (χ0n) is 12.3. The fourth-order valence-electron chi connectivity index (χ4n) is 2.16. The van der Waals surface area contributed by atoms with Crippen molar-refractivity contribution in [3.8, 4) is 0 Å². The topological polar surface area (TPSA) is 78.5 Å². The van der Waals surface area contributed by atoms with Crippen molar-refractivity contribution in [1.29, 1.82) is 0 Å². The third-order valence-electron chi connectivity index (χ3n) is 3.48. The van der Waals surface area contributed by atoms with Gasteiger partial charge < -0.3 is 10.6 Å². The van der Waals surface area contributed by atoms with E-state index in [1.807, 2.05) is 13.8 Å². The number of nitrogens with one attached hydrogen (secondary N) is 2. The van der Waals surface area contributed by atoms with E-state index in [1.165, 1.54) is 4.31 Å². The van der Waals surface area contributed by atoms with Gasteiger partial charge in [-0.2, -0.15) is 0 Å². The van der Waals surface area contributed by atoms with Crippen LogP contribution in [-0.2, 0) is 10.0 Å². The van der Waals surface area contributed by atoms with E-state index >= 15 is 0 Å². The highest BCUT2D eigenvalue weighted by molar-refractivity contribution is 7.93. The molecule has 2 rings (SSSR count). The molecule has 1 aromatic rings. The molecule has 1 heterocycles. The minimum Gasteiger partial charge on any atom is -0.335 e. The van der Waals surface area contributed by atoms with E-state index in [9.17, 15) is 13.2 Å². The molecule has 1 aliphatic heterocycles. The summed E-state index contributed by atoms with van der Waals surface area (Å²) >= 11 is 0. The molecule has 0 saturated carbocycles. The predicted octanol–water partition coefficient (Wildman–Crippen LogP) is 2.15. The predicted molar refractivity (Wildman–Crippen MR) is 84.1 cm³/mol. The molecule has 0 aliphatic carbocycles. The number of rotatable bonds is 4. The van der Waals surface area contributed by atoms with Crippen LogP contribution in [0, 0.1) is 0 Å². The Labute approximate surface area is 125 Å². The Morgan fingerprint density at radius 1 is 1.43 bits per heavy atom. The van der Waals surface area contributed by atoms with Crippen LogP contribution in [0.4, 0.5) is 16.2 Å². The van der Waals surface area contributed by atoms with Gasteiger partial charge in [0, 0.05) is 18.3 Å². The summed E-state index contributed by atoms with van der Waals surface area (Å²) in [4.78, 5) is 11.8. The molecule has 2 N–H and O–H groups in total. The molecule has 0 radical (unpaired) electrons. The molecule has 1 fully saturated rings. The monoisotopic (exact) mass is 311 g/mol. The summed E-state index contributed by atoms with van der Waals surface area (Å²) in [7, 11) is -3.20. The van der Waals surface area contributed by atoms with E-state index in [0.717, 1.165) is 6.42 Å². The SMILES string of the molecule is CCC(C)NC(=O)Nc1cccc(N2CCCS2(=O)=O)c1. The molecule has 1 atom stereocenters. The van der Waals surface area contributed by atoms with Crippen LogP contribution in [0.25, 0.3) is 0 Å². The average molecular weight is 311 g/mol. The number of carbonyl (C=O) groups excluding carboxylic acids is 1. The fourth-order valence-corrected chi connectivity index (χ4v) is 3.72. The van der Waals surface area contributed by atoms with Crippen LogP contribution in [0.15, 0.2) is 24.3 Å². The molecular formula is C14H21N3O3S. The van der Waals surface area contributed by atoms with Gasteiger partial charge in [-0.05, 0) is 38.0 Å². The minimum absolute atomic E-state index is 0.0899. The van der Waals surface area contributed by atoms with Gasteiger partial charge in [0.2, 0.25) is 10.0 Å². The van der Waals surface area contributed by atoms with E-state index in [0.29, 0.717) is 24.3 Å². The molecular weight excluding hydrogens is 290 g/mol. The molecule has 7 heteroatoms. The van der Waals surface area contributed by atoms with Crippen LogP contribution < -0.4 is 14.9 Å². The molecule has 0 aromatic heterocycles. The zero-order valence-corrected chi connectivity index (χ0v) is 13.1. The number of hydrogen-bond acceptors (Lipinski definition) is 3. The van der Waals surface area contributed by atoms with Gasteiger partial charge in [0.15, 0.2) is 0 Å². The van der Waals surface area contributed by atoms with Crippen molar-refractivity contribution >= 4 is 27.4 Å².